The number of hydrogen-bond donors (Lipinski definition) is 0. The third-order valence-corrected chi connectivity index (χ3v) is 7.76. The fourth-order valence-corrected chi connectivity index (χ4v) is 5.34. The van der Waals surface area contributed by atoms with E-state index in [1.54, 1.807) is 12.3 Å². The summed E-state index contributed by atoms with van der Waals surface area (Å²) in [5.41, 5.74) is 4.23. The average molecular weight is 465 g/mol. The normalized spacial score (nSPS) is 21.8. The Kier molecular flexibility index (Phi) is 5.29. The standard InChI is InChI=1S/C28H28N6O/c1-2-22-12-23(21(14-30)15-31-22)24-11-20(13-29)27(32-26(24)18-5-6-18)33-9-10-34(28(35)19-7-8-19)25(16-33)17-3-4-17/h2,11-12,15,17-19,25H,1,3-10,16H2. The maximum absolute atomic E-state index is 12.9. The van der Waals surface area contributed by atoms with Crippen molar-refractivity contribution in [1.82, 2.24) is 14.9 Å². The molecule has 2 aromatic rings. The molecule has 6 rings (SSSR count). The van der Waals surface area contributed by atoms with Crippen LogP contribution in [0, 0.1) is 34.5 Å². The van der Waals surface area contributed by atoms with Crippen LogP contribution in [0.4, 0.5) is 5.82 Å². The van der Waals surface area contributed by atoms with Crippen molar-refractivity contribution in [3.63, 3.8) is 0 Å². The maximum atomic E-state index is 12.9. The minimum atomic E-state index is 0.204. The Balaban J connectivity index is 1.39. The van der Waals surface area contributed by atoms with Gasteiger partial charge < -0.3 is 9.80 Å². The van der Waals surface area contributed by atoms with E-state index in [-0.39, 0.29) is 12.0 Å². The molecule has 0 N–H and O–H groups in total. The minimum absolute atomic E-state index is 0.204. The highest BCUT2D eigenvalue weighted by atomic mass is 16.2. The van der Waals surface area contributed by atoms with E-state index in [0.717, 1.165) is 54.9 Å². The van der Waals surface area contributed by atoms with E-state index in [4.69, 9.17) is 4.98 Å². The van der Waals surface area contributed by atoms with E-state index in [9.17, 15) is 15.3 Å². The van der Waals surface area contributed by atoms with E-state index in [1.165, 1.54) is 12.8 Å². The molecule has 176 valence electrons. The SMILES string of the molecule is C=Cc1cc(-c2cc(C#N)c(N3CCN(C(=O)C4CC4)C(C4CC4)C3)nc2C2CC2)c(C#N)cn1. The van der Waals surface area contributed by atoms with Crippen LogP contribution in [0.5, 0.6) is 0 Å². The summed E-state index contributed by atoms with van der Waals surface area (Å²) in [5.74, 6) is 2.16. The van der Waals surface area contributed by atoms with Crippen molar-refractivity contribution in [2.75, 3.05) is 24.5 Å². The molecule has 1 aliphatic heterocycles. The molecule has 3 saturated carbocycles. The number of amides is 1. The first-order chi connectivity index (χ1) is 17.1. The van der Waals surface area contributed by atoms with Crippen molar-refractivity contribution in [3.05, 3.63) is 47.4 Å². The number of nitriles is 2. The summed E-state index contributed by atoms with van der Waals surface area (Å²) in [5, 5.41) is 19.9. The van der Waals surface area contributed by atoms with Crippen LogP contribution in [0.3, 0.4) is 0 Å². The number of piperazine rings is 1. The second-order valence-corrected chi connectivity index (χ2v) is 10.3. The number of aromatic nitrogens is 2. The van der Waals surface area contributed by atoms with Crippen LogP contribution < -0.4 is 4.90 Å². The number of anilines is 1. The van der Waals surface area contributed by atoms with Gasteiger partial charge in [0.15, 0.2) is 0 Å². The van der Waals surface area contributed by atoms with Crippen molar-refractivity contribution in [1.29, 1.82) is 10.5 Å². The first-order valence-corrected chi connectivity index (χ1v) is 12.6. The van der Waals surface area contributed by atoms with Gasteiger partial charge in [0.25, 0.3) is 0 Å². The minimum Gasteiger partial charge on any atom is -0.352 e. The lowest BCUT2D eigenvalue weighted by Crippen LogP contribution is -2.57. The molecule has 0 radical (unpaired) electrons. The lowest BCUT2D eigenvalue weighted by molar-refractivity contribution is -0.135. The molecule has 7 nitrogen and oxygen atoms in total. The second-order valence-electron chi connectivity index (χ2n) is 10.3. The molecule has 1 atom stereocenters. The van der Waals surface area contributed by atoms with Crippen LogP contribution in [0.25, 0.3) is 17.2 Å². The van der Waals surface area contributed by atoms with E-state index in [2.05, 4.69) is 33.5 Å². The Morgan fingerprint density at radius 1 is 1.03 bits per heavy atom. The fraction of sp³-hybridized carbons (Fsp3) is 0.464. The van der Waals surface area contributed by atoms with Gasteiger partial charge in [0, 0.05) is 48.8 Å². The third-order valence-electron chi connectivity index (χ3n) is 7.76. The summed E-state index contributed by atoms with van der Waals surface area (Å²) in [6.45, 7) is 5.92. The van der Waals surface area contributed by atoms with Crippen molar-refractivity contribution in [2.45, 2.75) is 50.5 Å². The highest BCUT2D eigenvalue weighted by Crippen LogP contribution is 2.46. The summed E-state index contributed by atoms with van der Waals surface area (Å²) in [6, 6.07) is 8.60. The third kappa shape index (κ3) is 4.06. The van der Waals surface area contributed by atoms with Gasteiger partial charge in [-0.2, -0.15) is 10.5 Å². The van der Waals surface area contributed by atoms with Gasteiger partial charge in [-0.05, 0) is 62.7 Å². The monoisotopic (exact) mass is 464 g/mol. The molecule has 4 fully saturated rings. The topological polar surface area (TPSA) is 96.9 Å². The number of rotatable bonds is 6. The first kappa shape index (κ1) is 21.8. The second kappa shape index (κ2) is 8.50. The molecule has 2 aromatic heterocycles. The number of nitrogens with zero attached hydrogens (tertiary/aromatic N) is 6. The van der Waals surface area contributed by atoms with Gasteiger partial charge in [0.1, 0.15) is 18.0 Å². The Bertz CT molecular complexity index is 1290. The highest BCUT2D eigenvalue weighted by molar-refractivity contribution is 5.82. The zero-order chi connectivity index (χ0) is 24.1. The fourth-order valence-electron chi connectivity index (χ4n) is 5.34. The molecule has 1 saturated heterocycles. The average Bonchev–Trinajstić information content (AvgIpc) is 3.74. The molecule has 3 heterocycles. The summed E-state index contributed by atoms with van der Waals surface area (Å²) < 4.78 is 0. The first-order valence-electron chi connectivity index (χ1n) is 12.6. The van der Waals surface area contributed by atoms with Crippen LogP contribution >= 0.6 is 0 Å². The maximum Gasteiger partial charge on any atom is 0.226 e. The number of hydrogen-bond acceptors (Lipinski definition) is 6. The molecule has 3 aliphatic carbocycles. The van der Waals surface area contributed by atoms with Crippen molar-refractivity contribution < 1.29 is 4.79 Å². The lowest BCUT2D eigenvalue weighted by atomic mass is 9.95. The van der Waals surface area contributed by atoms with Crippen molar-refractivity contribution in [3.8, 4) is 23.3 Å². The number of carbonyl (C=O) groups is 1. The predicted octanol–water partition coefficient (Wildman–Crippen LogP) is 4.24. The van der Waals surface area contributed by atoms with Crippen LogP contribution in [0.15, 0.2) is 24.9 Å². The van der Waals surface area contributed by atoms with Gasteiger partial charge in [-0.15, -0.1) is 0 Å². The van der Waals surface area contributed by atoms with Crippen LogP contribution in [0.1, 0.15) is 67.0 Å². The molecular weight excluding hydrogens is 436 g/mol. The molecule has 1 amide bonds. The largest absolute Gasteiger partial charge is 0.352 e. The highest BCUT2D eigenvalue weighted by Gasteiger charge is 2.45. The van der Waals surface area contributed by atoms with Gasteiger partial charge in [-0.1, -0.05) is 6.58 Å². The smallest absolute Gasteiger partial charge is 0.226 e. The quantitative estimate of drug-likeness (QED) is 0.634. The van der Waals surface area contributed by atoms with Gasteiger partial charge in [0.05, 0.1) is 28.6 Å². The zero-order valence-corrected chi connectivity index (χ0v) is 19.8. The molecule has 35 heavy (non-hydrogen) atoms. The predicted molar refractivity (Wildman–Crippen MR) is 132 cm³/mol. The van der Waals surface area contributed by atoms with Crippen LogP contribution in [0.2, 0.25) is 0 Å². The Labute approximate surface area is 205 Å². The summed E-state index contributed by atoms with van der Waals surface area (Å²) in [7, 11) is 0. The Morgan fingerprint density at radius 2 is 1.80 bits per heavy atom. The van der Waals surface area contributed by atoms with Crippen molar-refractivity contribution in [2.24, 2.45) is 11.8 Å². The van der Waals surface area contributed by atoms with E-state index >= 15 is 0 Å². The van der Waals surface area contributed by atoms with Crippen LogP contribution in [-0.2, 0) is 4.79 Å². The molecule has 0 spiro atoms. The lowest BCUT2D eigenvalue weighted by Gasteiger charge is -2.43. The molecule has 1 unspecified atom stereocenters. The molecule has 7 heteroatoms. The summed E-state index contributed by atoms with van der Waals surface area (Å²) >= 11 is 0. The van der Waals surface area contributed by atoms with Gasteiger partial charge >= 0.3 is 0 Å². The number of pyridine rings is 2. The Morgan fingerprint density at radius 3 is 2.43 bits per heavy atom. The van der Waals surface area contributed by atoms with E-state index < -0.39 is 0 Å². The van der Waals surface area contributed by atoms with Gasteiger partial charge in [-0.25, -0.2) is 4.98 Å². The molecule has 4 aliphatic rings. The van der Waals surface area contributed by atoms with E-state index in [1.807, 2.05) is 12.1 Å². The van der Waals surface area contributed by atoms with Crippen LogP contribution in [-0.4, -0.2) is 46.5 Å². The number of carbonyl (C=O) groups excluding carboxylic acids is 1. The molecule has 0 bridgehead atoms. The van der Waals surface area contributed by atoms with Crippen molar-refractivity contribution >= 4 is 17.8 Å². The summed E-state index contributed by atoms with van der Waals surface area (Å²) in [6.07, 6.45) is 9.73. The van der Waals surface area contributed by atoms with Gasteiger partial charge in [-0.3, -0.25) is 9.78 Å². The van der Waals surface area contributed by atoms with Gasteiger partial charge in [0.2, 0.25) is 5.91 Å². The molecular formula is C28H28N6O. The zero-order valence-electron chi connectivity index (χ0n) is 19.8. The summed E-state index contributed by atoms with van der Waals surface area (Å²) in [4.78, 5) is 26.7. The van der Waals surface area contributed by atoms with E-state index in [0.29, 0.717) is 47.7 Å². The molecule has 0 aromatic carbocycles. The Hall–Kier alpha value is -3.71.